The molecule has 1 heterocycles. The van der Waals surface area contributed by atoms with Gasteiger partial charge in [0.2, 0.25) is 0 Å². The Morgan fingerprint density at radius 1 is 1.19 bits per heavy atom. The molecule has 0 aliphatic heterocycles. The van der Waals surface area contributed by atoms with Crippen molar-refractivity contribution in [2.75, 3.05) is 5.32 Å². The van der Waals surface area contributed by atoms with Crippen LogP contribution in [0.2, 0.25) is 0 Å². The van der Waals surface area contributed by atoms with E-state index in [2.05, 4.69) is 29.1 Å². The first-order valence-electron chi connectivity index (χ1n) is 6.21. The maximum atomic E-state index is 4.35. The van der Waals surface area contributed by atoms with Crippen LogP contribution in [-0.4, -0.2) is 16.0 Å². The SMILES string of the molecule is Cc1nccnc1NC1CCC(C)CC1C. The summed E-state index contributed by atoms with van der Waals surface area (Å²) in [5, 5.41) is 3.55. The molecule has 1 aromatic rings. The van der Waals surface area contributed by atoms with Crippen molar-refractivity contribution in [3.8, 4) is 0 Å². The molecule has 0 saturated heterocycles. The van der Waals surface area contributed by atoms with E-state index >= 15 is 0 Å². The molecule has 0 bridgehead atoms. The number of rotatable bonds is 2. The summed E-state index contributed by atoms with van der Waals surface area (Å²) in [6.07, 6.45) is 7.38. The van der Waals surface area contributed by atoms with Crippen molar-refractivity contribution >= 4 is 5.82 Å². The Morgan fingerprint density at radius 3 is 2.62 bits per heavy atom. The largest absolute Gasteiger partial charge is 0.366 e. The number of hydrogen-bond acceptors (Lipinski definition) is 3. The second kappa shape index (κ2) is 4.81. The van der Waals surface area contributed by atoms with E-state index in [4.69, 9.17) is 0 Å². The zero-order valence-corrected chi connectivity index (χ0v) is 10.4. The third kappa shape index (κ3) is 2.52. The van der Waals surface area contributed by atoms with Crippen LogP contribution in [0.3, 0.4) is 0 Å². The van der Waals surface area contributed by atoms with Crippen LogP contribution in [0.5, 0.6) is 0 Å². The first-order chi connectivity index (χ1) is 7.66. The van der Waals surface area contributed by atoms with Crippen LogP contribution < -0.4 is 5.32 Å². The van der Waals surface area contributed by atoms with Gasteiger partial charge in [0.25, 0.3) is 0 Å². The molecule has 1 aliphatic carbocycles. The Kier molecular flexibility index (Phi) is 3.42. The summed E-state index contributed by atoms with van der Waals surface area (Å²) in [5.74, 6) is 2.55. The molecule has 3 nitrogen and oxygen atoms in total. The van der Waals surface area contributed by atoms with Crippen molar-refractivity contribution in [2.24, 2.45) is 11.8 Å². The number of anilines is 1. The standard InChI is InChI=1S/C13H21N3/c1-9-4-5-12(10(2)8-9)16-13-11(3)14-6-7-15-13/h6-7,9-10,12H,4-5,8H2,1-3H3,(H,15,16). The van der Waals surface area contributed by atoms with Gasteiger partial charge in [-0.3, -0.25) is 4.98 Å². The van der Waals surface area contributed by atoms with Crippen molar-refractivity contribution in [2.45, 2.75) is 46.1 Å². The van der Waals surface area contributed by atoms with E-state index in [0.717, 1.165) is 23.3 Å². The molecule has 0 aromatic carbocycles. The summed E-state index contributed by atoms with van der Waals surface area (Å²) in [6.45, 7) is 6.69. The average Bonchev–Trinajstić information content (AvgIpc) is 2.25. The number of aryl methyl sites for hydroxylation is 1. The maximum Gasteiger partial charge on any atom is 0.147 e. The zero-order chi connectivity index (χ0) is 11.5. The highest BCUT2D eigenvalue weighted by molar-refractivity contribution is 5.39. The van der Waals surface area contributed by atoms with Crippen molar-refractivity contribution in [3.05, 3.63) is 18.1 Å². The van der Waals surface area contributed by atoms with Crippen LogP contribution >= 0.6 is 0 Å². The Balaban J connectivity index is 2.02. The number of nitrogens with zero attached hydrogens (tertiary/aromatic N) is 2. The summed E-state index contributed by atoms with van der Waals surface area (Å²) in [7, 11) is 0. The Bertz CT molecular complexity index is 351. The number of aromatic nitrogens is 2. The van der Waals surface area contributed by atoms with E-state index in [-0.39, 0.29) is 0 Å². The van der Waals surface area contributed by atoms with Gasteiger partial charge in [-0.1, -0.05) is 13.8 Å². The summed E-state index contributed by atoms with van der Waals surface area (Å²) >= 11 is 0. The summed E-state index contributed by atoms with van der Waals surface area (Å²) in [4.78, 5) is 8.61. The van der Waals surface area contributed by atoms with E-state index in [0.29, 0.717) is 6.04 Å². The predicted octanol–water partition coefficient (Wildman–Crippen LogP) is 3.02. The lowest BCUT2D eigenvalue weighted by atomic mass is 9.80. The smallest absolute Gasteiger partial charge is 0.147 e. The number of nitrogens with one attached hydrogen (secondary N) is 1. The summed E-state index contributed by atoms with van der Waals surface area (Å²) < 4.78 is 0. The van der Waals surface area contributed by atoms with Gasteiger partial charge in [-0.05, 0) is 38.0 Å². The first kappa shape index (κ1) is 11.4. The monoisotopic (exact) mass is 219 g/mol. The van der Waals surface area contributed by atoms with Gasteiger partial charge in [0.15, 0.2) is 0 Å². The fraction of sp³-hybridized carbons (Fsp3) is 0.692. The molecular formula is C13H21N3. The van der Waals surface area contributed by atoms with Crippen molar-refractivity contribution in [3.63, 3.8) is 0 Å². The van der Waals surface area contributed by atoms with Crippen LogP contribution in [0.25, 0.3) is 0 Å². The molecule has 3 heteroatoms. The minimum Gasteiger partial charge on any atom is -0.366 e. The predicted molar refractivity (Wildman–Crippen MR) is 66.4 cm³/mol. The molecule has 88 valence electrons. The summed E-state index contributed by atoms with van der Waals surface area (Å²) in [5.41, 5.74) is 0.994. The van der Waals surface area contributed by atoms with Gasteiger partial charge in [0, 0.05) is 18.4 Å². The van der Waals surface area contributed by atoms with Gasteiger partial charge in [0.1, 0.15) is 5.82 Å². The van der Waals surface area contributed by atoms with Gasteiger partial charge in [-0.25, -0.2) is 4.98 Å². The van der Waals surface area contributed by atoms with E-state index in [1.807, 2.05) is 6.92 Å². The minimum absolute atomic E-state index is 0.562. The van der Waals surface area contributed by atoms with Gasteiger partial charge in [0.05, 0.1) is 5.69 Å². The van der Waals surface area contributed by atoms with E-state index < -0.39 is 0 Å². The molecule has 0 radical (unpaired) electrons. The lowest BCUT2D eigenvalue weighted by molar-refractivity contribution is 0.276. The van der Waals surface area contributed by atoms with E-state index in [9.17, 15) is 0 Å². The van der Waals surface area contributed by atoms with E-state index in [1.54, 1.807) is 12.4 Å². The third-order valence-corrected chi connectivity index (χ3v) is 3.63. The molecule has 0 spiro atoms. The molecule has 3 atom stereocenters. The van der Waals surface area contributed by atoms with E-state index in [1.165, 1.54) is 19.3 Å². The molecule has 1 aromatic heterocycles. The van der Waals surface area contributed by atoms with Crippen molar-refractivity contribution in [1.29, 1.82) is 0 Å². The van der Waals surface area contributed by atoms with Crippen LogP contribution in [-0.2, 0) is 0 Å². The van der Waals surface area contributed by atoms with Gasteiger partial charge in [-0.15, -0.1) is 0 Å². The second-order valence-corrected chi connectivity index (χ2v) is 5.14. The Labute approximate surface area is 97.7 Å². The van der Waals surface area contributed by atoms with Crippen LogP contribution in [0.1, 0.15) is 38.8 Å². The first-order valence-corrected chi connectivity index (χ1v) is 6.21. The maximum absolute atomic E-state index is 4.35. The zero-order valence-electron chi connectivity index (χ0n) is 10.4. The molecule has 2 rings (SSSR count). The molecule has 1 N–H and O–H groups in total. The van der Waals surface area contributed by atoms with Gasteiger partial charge >= 0.3 is 0 Å². The molecule has 3 unspecified atom stereocenters. The molecule has 16 heavy (non-hydrogen) atoms. The minimum atomic E-state index is 0.562. The quantitative estimate of drug-likeness (QED) is 0.830. The van der Waals surface area contributed by atoms with Gasteiger partial charge < -0.3 is 5.32 Å². The lowest BCUT2D eigenvalue weighted by Crippen LogP contribution is -2.33. The van der Waals surface area contributed by atoms with Crippen LogP contribution in [0.15, 0.2) is 12.4 Å². The highest BCUT2D eigenvalue weighted by Crippen LogP contribution is 2.30. The van der Waals surface area contributed by atoms with Crippen LogP contribution in [0, 0.1) is 18.8 Å². The van der Waals surface area contributed by atoms with Crippen molar-refractivity contribution in [1.82, 2.24) is 9.97 Å². The molecular weight excluding hydrogens is 198 g/mol. The molecule has 1 fully saturated rings. The molecule has 1 saturated carbocycles. The summed E-state index contributed by atoms with van der Waals surface area (Å²) in [6, 6.07) is 0.562. The Morgan fingerprint density at radius 2 is 1.94 bits per heavy atom. The molecule has 0 amide bonds. The Hall–Kier alpha value is -1.12. The highest BCUT2D eigenvalue weighted by Gasteiger charge is 2.25. The van der Waals surface area contributed by atoms with Gasteiger partial charge in [-0.2, -0.15) is 0 Å². The highest BCUT2D eigenvalue weighted by atomic mass is 15.0. The topological polar surface area (TPSA) is 37.8 Å². The fourth-order valence-electron chi connectivity index (χ4n) is 2.60. The van der Waals surface area contributed by atoms with Crippen molar-refractivity contribution < 1.29 is 0 Å². The molecule has 1 aliphatic rings. The lowest BCUT2D eigenvalue weighted by Gasteiger charge is -2.33. The normalized spacial score (nSPS) is 30.1. The number of hydrogen-bond donors (Lipinski definition) is 1. The third-order valence-electron chi connectivity index (χ3n) is 3.63. The second-order valence-electron chi connectivity index (χ2n) is 5.14. The van der Waals surface area contributed by atoms with Crippen LogP contribution in [0.4, 0.5) is 5.82 Å². The fourth-order valence-corrected chi connectivity index (χ4v) is 2.60. The average molecular weight is 219 g/mol.